The number of anilines is 3. The summed E-state index contributed by atoms with van der Waals surface area (Å²) in [6.07, 6.45) is 1.75. The van der Waals surface area contributed by atoms with E-state index in [4.69, 9.17) is 0 Å². The average Bonchev–Trinajstić information content (AvgIpc) is 3.64. The molecule has 0 aromatic heterocycles. The fourth-order valence-corrected chi connectivity index (χ4v) is 4.41. The number of urea groups is 1. The Balaban J connectivity index is 1.24. The van der Waals surface area contributed by atoms with Gasteiger partial charge in [-0.25, -0.2) is 4.79 Å². The molecule has 10 heteroatoms. The fraction of sp³-hybridized carbons (Fsp3) is 0.292. The number of carbonyl (C=O) groups is 5. The Morgan fingerprint density at radius 2 is 1.76 bits per heavy atom. The van der Waals surface area contributed by atoms with Crippen molar-refractivity contribution in [2.24, 2.45) is 5.92 Å². The number of benzene rings is 2. The Morgan fingerprint density at radius 1 is 1.06 bits per heavy atom. The summed E-state index contributed by atoms with van der Waals surface area (Å²) < 4.78 is 0. The molecule has 1 atom stereocenters. The number of imide groups is 1. The minimum atomic E-state index is -0.941. The summed E-state index contributed by atoms with van der Waals surface area (Å²) in [7, 11) is 0. The molecule has 1 aliphatic carbocycles. The van der Waals surface area contributed by atoms with E-state index < -0.39 is 24.0 Å². The van der Waals surface area contributed by atoms with Crippen LogP contribution >= 0.6 is 0 Å². The summed E-state index contributed by atoms with van der Waals surface area (Å²) in [6, 6.07) is 12.7. The van der Waals surface area contributed by atoms with Crippen molar-refractivity contribution in [1.82, 2.24) is 10.2 Å². The van der Waals surface area contributed by atoms with Crippen molar-refractivity contribution < 1.29 is 24.0 Å². The molecule has 2 aromatic rings. The van der Waals surface area contributed by atoms with Gasteiger partial charge in [0.1, 0.15) is 18.6 Å². The molecule has 34 heavy (non-hydrogen) atoms. The molecule has 3 aliphatic rings. The summed E-state index contributed by atoms with van der Waals surface area (Å²) in [6.45, 7) is 1.20. The van der Waals surface area contributed by atoms with Crippen LogP contribution in [-0.4, -0.2) is 53.2 Å². The minimum absolute atomic E-state index is 0.0972. The Kier molecular flexibility index (Phi) is 5.07. The SMILES string of the molecule is CC1(C2CC2)NC(=O)N(CC(=O)Nc2ccc(C(=O)N3CC(=O)Nc4ccccc43)cc2)C1=O. The number of rotatable bonds is 5. The van der Waals surface area contributed by atoms with Crippen molar-refractivity contribution in [2.75, 3.05) is 28.6 Å². The van der Waals surface area contributed by atoms with Crippen LogP contribution in [0.2, 0.25) is 0 Å². The maximum absolute atomic E-state index is 13.0. The fourth-order valence-electron chi connectivity index (χ4n) is 4.41. The zero-order chi connectivity index (χ0) is 24.0. The largest absolute Gasteiger partial charge is 0.325 e. The normalized spacial score (nSPS) is 21.6. The molecule has 0 radical (unpaired) electrons. The number of nitrogens with one attached hydrogen (secondary N) is 3. The summed E-state index contributed by atoms with van der Waals surface area (Å²) in [4.78, 5) is 64.8. The smallest absolute Gasteiger partial charge is 0.325 e. The monoisotopic (exact) mass is 461 g/mol. The van der Waals surface area contributed by atoms with Gasteiger partial charge in [-0.1, -0.05) is 12.1 Å². The molecule has 174 valence electrons. The van der Waals surface area contributed by atoms with Crippen LogP contribution in [0.3, 0.4) is 0 Å². The van der Waals surface area contributed by atoms with E-state index in [1.54, 1.807) is 55.5 Å². The van der Waals surface area contributed by atoms with Crippen LogP contribution in [0.1, 0.15) is 30.1 Å². The third-order valence-electron chi connectivity index (χ3n) is 6.43. The molecule has 2 aromatic carbocycles. The van der Waals surface area contributed by atoms with E-state index in [2.05, 4.69) is 16.0 Å². The van der Waals surface area contributed by atoms with Gasteiger partial charge in [-0.2, -0.15) is 0 Å². The number of carbonyl (C=O) groups excluding carboxylic acids is 5. The van der Waals surface area contributed by atoms with Crippen LogP contribution in [0.15, 0.2) is 48.5 Å². The molecule has 2 fully saturated rings. The lowest BCUT2D eigenvalue weighted by atomic mass is 9.96. The third kappa shape index (κ3) is 3.76. The second kappa shape index (κ2) is 7.98. The average molecular weight is 461 g/mol. The van der Waals surface area contributed by atoms with E-state index in [1.807, 2.05) is 0 Å². The van der Waals surface area contributed by atoms with Crippen molar-refractivity contribution in [3.8, 4) is 0 Å². The molecule has 3 N–H and O–H groups in total. The van der Waals surface area contributed by atoms with Gasteiger partial charge >= 0.3 is 6.03 Å². The highest BCUT2D eigenvalue weighted by molar-refractivity contribution is 6.15. The Hall–Kier alpha value is -4.21. The Labute approximate surface area is 195 Å². The quantitative estimate of drug-likeness (QED) is 0.587. The van der Waals surface area contributed by atoms with E-state index in [9.17, 15) is 24.0 Å². The highest BCUT2D eigenvalue weighted by Gasteiger charge is 2.56. The van der Waals surface area contributed by atoms with Crippen molar-refractivity contribution in [3.05, 3.63) is 54.1 Å². The Morgan fingerprint density at radius 3 is 2.47 bits per heavy atom. The lowest BCUT2D eigenvalue weighted by molar-refractivity contribution is -0.134. The number of hydrogen-bond donors (Lipinski definition) is 3. The maximum atomic E-state index is 13.0. The lowest BCUT2D eigenvalue weighted by Gasteiger charge is -2.29. The first-order valence-electron chi connectivity index (χ1n) is 11.0. The second-order valence-electron chi connectivity index (χ2n) is 8.88. The van der Waals surface area contributed by atoms with Crippen molar-refractivity contribution in [3.63, 3.8) is 0 Å². The predicted octanol–water partition coefficient (Wildman–Crippen LogP) is 1.94. The molecule has 0 bridgehead atoms. The minimum Gasteiger partial charge on any atom is -0.325 e. The zero-order valence-corrected chi connectivity index (χ0v) is 18.5. The number of nitrogens with zero attached hydrogens (tertiary/aromatic N) is 2. The number of amides is 6. The highest BCUT2D eigenvalue weighted by Crippen LogP contribution is 2.42. The molecule has 0 spiro atoms. The van der Waals surface area contributed by atoms with Crippen LogP contribution in [0.25, 0.3) is 0 Å². The lowest BCUT2D eigenvalue weighted by Crippen LogP contribution is -2.46. The summed E-state index contributed by atoms with van der Waals surface area (Å²) in [5.41, 5.74) is 0.987. The van der Waals surface area contributed by atoms with E-state index in [-0.39, 0.29) is 30.2 Å². The van der Waals surface area contributed by atoms with Crippen LogP contribution in [-0.2, 0) is 14.4 Å². The van der Waals surface area contributed by atoms with Crippen molar-refractivity contribution in [2.45, 2.75) is 25.3 Å². The third-order valence-corrected chi connectivity index (χ3v) is 6.43. The van der Waals surface area contributed by atoms with E-state index in [1.165, 1.54) is 4.90 Å². The molecular weight excluding hydrogens is 438 g/mol. The summed E-state index contributed by atoms with van der Waals surface area (Å²) in [5, 5.41) is 8.10. The van der Waals surface area contributed by atoms with Crippen LogP contribution in [0.4, 0.5) is 21.9 Å². The van der Waals surface area contributed by atoms with Gasteiger partial charge in [-0.15, -0.1) is 0 Å². The molecule has 2 heterocycles. The number of fused-ring (bicyclic) bond motifs is 1. The van der Waals surface area contributed by atoms with Gasteiger partial charge in [0.05, 0.1) is 11.4 Å². The van der Waals surface area contributed by atoms with Crippen molar-refractivity contribution in [1.29, 1.82) is 0 Å². The van der Waals surface area contributed by atoms with E-state index >= 15 is 0 Å². The molecule has 1 saturated carbocycles. The van der Waals surface area contributed by atoms with Gasteiger partial charge in [-0.05, 0) is 62.1 Å². The second-order valence-corrected chi connectivity index (χ2v) is 8.88. The van der Waals surface area contributed by atoms with Crippen LogP contribution in [0.5, 0.6) is 0 Å². The van der Waals surface area contributed by atoms with Crippen LogP contribution < -0.4 is 20.9 Å². The zero-order valence-electron chi connectivity index (χ0n) is 18.5. The van der Waals surface area contributed by atoms with E-state index in [0.29, 0.717) is 22.6 Å². The van der Waals surface area contributed by atoms with Gasteiger partial charge < -0.3 is 16.0 Å². The first-order chi connectivity index (χ1) is 16.3. The maximum Gasteiger partial charge on any atom is 0.325 e. The Bertz CT molecular complexity index is 1220. The standard InChI is InChI=1S/C24H23N5O5/c1-24(15-8-9-15)22(33)29(23(34)27-24)13-19(30)25-16-10-6-14(7-11-16)21(32)28-12-20(31)26-17-4-2-3-5-18(17)28/h2-7,10-11,15H,8-9,12-13H2,1H3,(H,25,30)(H,26,31)(H,27,34). The molecular formula is C24H23N5O5. The van der Waals surface area contributed by atoms with Gasteiger partial charge in [-0.3, -0.25) is 29.0 Å². The first kappa shape index (κ1) is 21.6. The van der Waals surface area contributed by atoms with E-state index in [0.717, 1.165) is 17.7 Å². The molecule has 10 nitrogen and oxygen atoms in total. The summed E-state index contributed by atoms with van der Waals surface area (Å²) >= 11 is 0. The van der Waals surface area contributed by atoms with Gasteiger partial charge in [0.25, 0.3) is 11.8 Å². The molecule has 2 aliphatic heterocycles. The van der Waals surface area contributed by atoms with Crippen molar-refractivity contribution >= 4 is 46.7 Å². The van der Waals surface area contributed by atoms with Crippen LogP contribution in [0, 0.1) is 5.92 Å². The predicted molar refractivity (Wildman–Crippen MR) is 123 cm³/mol. The van der Waals surface area contributed by atoms with Gasteiger partial charge in [0, 0.05) is 11.3 Å². The molecule has 5 rings (SSSR count). The molecule has 1 saturated heterocycles. The molecule has 1 unspecified atom stereocenters. The topological polar surface area (TPSA) is 128 Å². The number of hydrogen-bond acceptors (Lipinski definition) is 5. The number of para-hydroxylation sites is 2. The highest BCUT2D eigenvalue weighted by atomic mass is 16.2. The van der Waals surface area contributed by atoms with Gasteiger partial charge in [0.15, 0.2) is 0 Å². The van der Waals surface area contributed by atoms with Gasteiger partial charge in [0.2, 0.25) is 11.8 Å². The molecule has 6 amide bonds. The first-order valence-corrected chi connectivity index (χ1v) is 11.0. The summed E-state index contributed by atoms with van der Waals surface area (Å²) in [5.74, 6) is -1.43.